The second-order valence-electron chi connectivity index (χ2n) is 5.92. The van der Waals surface area contributed by atoms with E-state index in [-0.39, 0.29) is 11.3 Å². The molecule has 1 aliphatic rings. The summed E-state index contributed by atoms with van der Waals surface area (Å²) in [5, 5.41) is 9.40. The first kappa shape index (κ1) is 19.4. The van der Waals surface area contributed by atoms with Crippen molar-refractivity contribution in [2.45, 2.75) is 44.0 Å². The van der Waals surface area contributed by atoms with Gasteiger partial charge in [-0.25, -0.2) is 4.79 Å². The predicted octanol–water partition coefficient (Wildman–Crippen LogP) is 3.25. The molecule has 0 bridgehead atoms. The minimum absolute atomic E-state index is 0.103. The maximum Gasteiger partial charge on any atom is 0.327 e. The van der Waals surface area contributed by atoms with Gasteiger partial charge in [-0.2, -0.15) is 0 Å². The molecule has 0 spiro atoms. The number of carboxylic acid groups (broad SMARTS) is 1. The maximum atomic E-state index is 13.0. The second-order valence-corrected chi connectivity index (χ2v) is 7.13. The topological polar surface area (TPSA) is 76.1 Å². The third-order valence-corrected chi connectivity index (χ3v) is 5.65. The van der Waals surface area contributed by atoms with E-state index in [2.05, 4.69) is 6.92 Å². The largest absolute Gasteiger partial charge is 0.493 e. The molecule has 1 heterocycles. The van der Waals surface area contributed by atoms with Crippen molar-refractivity contribution in [3.63, 3.8) is 0 Å². The van der Waals surface area contributed by atoms with Crippen LogP contribution >= 0.6 is 11.8 Å². The van der Waals surface area contributed by atoms with E-state index in [4.69, 9.17) is 9.47 Å². The summed E-state index contributed by atoms with van der Waals surface area (Å²) < 4.78 is 10.4. The van der Waals surface area contributed by atoms with Gasteiger partial charge in [0.15, 0.2) is 11.5 Å². The number of thioether (sulfide) groups is 1. The van der Waals surface area contributed by atoms with Gasteiger partial charge in [-0.1, -0.05) is 26.2 Å². The smallest absolute Gasteiger partial charge is 0.327 e. The number of hydrogen-bond donors (Lipinski definition) is 1. The Kier molecular flexibility index (Phi) is 6.99. The van der Waals surface area contributed by atoms with Crippen LogP contribution in [0.3, 0.4) is 0 Å². The van der Waals surface area contributed by atoms with Gasteiger partial charge in [0.25, 0.3) is 5.91 Å². The van der Waals surface area contributed by atoms with E-state index in [0.29, 0.717) is 22.8 Å². The van der Waals surface area contributed by atoms with E-state index in [1.165, 1.54) is 19.1 Å². The van der Waals surface area contributed by atoms with Crippen LogP contribution in [-0.2, 0) is 4.79 Å². The molecule has 0 aromatic heterocycles. The average Bonchev–Trinajstić information content (AvgIpc) is 3.04. The third kappa shape index (κ3) is 4.39. The summed E-state index contributed by atoms with van der Waals surface area (Å²) in [6, 6.07) is 4.12. The molecule has 2 atom stereocenters. The maximum absolute atomic E-state index is 13.0. The minimum Gasteiger partial charge on any atom is -0.493 e. The standard InChI is InChI=1S/C18H25NO5S/c1-4-5-6-7-16-19(13(11-25-16)18(21)22)17(20)12-8-9-14(23-2)15(10-12)24-3/h8-10,13,16H,4-7,11H2,1-3H3,(H,21,22). The van der Waals surface area contributed by atoms with Crippen LogP contribution in [0.2, 0.25) is 0 Å². The highest BCUT2D eigenvalue weighted by molar-refractivity contribution is 8.00. The number of hydrogen-bond acceptors (Lipinski definition) is 5. The molecule has 7 heteroatoms. The predicted molar refractivity (Wildman–Crippen MR) is 97.5 cm³/mol. The fraction of sp³-hybridized carbons (Fsp3) is 0.556. The van der Waals surface area contributed by atoms with Crippen LogP contribution < -0.4 is 9.47 Å². The quantitative estimate of drug-likeness (QED) is 0.711. The molecule has 0 aliphatic carbocycles. The van der Waals surface area contributed by atoms with Crippen molar-refractivity contribution in [1.29, 1.82) is 0 Å². The van der Waals surface area contributed by atoms with Crippen LogP contribution in [0, 0.1) is 0 Å². The van der Waals surface area contributed by atoms with Crippen LogP contribution in [0.5, 0.6) is 11.5 Å². The molecule has 6 nitrogen and oxygen atoms in total. The summed E-state index contributed by atoms with van der Waals surface area (Å²) in [7, 11) is 3.03. The van der Waals surface area contributed by atoms with Gasteiger partial charge in [0.2, 0.25) is 0 Å². The molecule has 1 aromatic rings. The molecular weight excluding hydrogens is 342 g/mol. The van der Waals surface area contributed by atoms with Gasteiger partial charge < -0.3 is 19.5 Å². The van der Waals surface area contributed by atoms with Crippen molar-refractivity contribution in [2.24, 2.45) is 0 Å². The zero-order valence-electron chi connectivity index (χ0n) is 14.9. The number of amides is 1. The molecule has 138 valence electrons. The lowest BCUT2D eigenvalue weighted by Gasteiger charge is -2.27. The molecule has 0 saturated carbocycles. The monoisotopic (exact) mass is 367 g/mol. The summed E-state index contributed by atoms with van der Waals surface area (Å²) in [4.78, 5) is 26.1. The number of carboxylic acids is 1. The lowest BCUT2D eigenvalue weighted by Crippen LogP contribution is -2.45. The average molecular weight is 367 g/mol. The molecule has 0 radical (unpaired) electrons. The number of unbranched alkanes of at least 4 members (excludes halogenated alkanes) is 2. The van der Waals surface area contributed by atoms with Gasteiger partial charge in [0, 0.05) is 11.3 Å². The van der Waals surface area contributed by atoms with Crippen LogP contribution in [0.15, 0.2) is 18.2 Å². The Hall–Kier alpha value is -1.89. The summed E-state index contributed by atoms with van der Waals surface area (Å²) in [5.74, 6) is 0.170. The Labute approximate surface area is 152 Å². The van der Waals surface area contributed by atoms with Gasteiger partial charge >= 0.3 is 5.97 Å². The van der Waals surface area contributed by atoms with Crippen LogP contribution in [0.1, 0.15) is 43.0 Å². The minimum atomic E-state index is -0.959. The molecule has 1 aliphatic heterocycles. The number of benzene rings is 1. The van der Waals surface area contributed by atoms with Crippen LogP contribution in [-0.4, -0.2) is 53.3 Å². The number of nitrogens with zero attached hydrogens (tertiary/aromatic N) is 1. The van der Waals surface area contributed by atoms with Gasteiger partial charge in [0.1, 0.15) is 6.04 Å². The molecular formula is C18H25NO5S. The highest BCUT2D eigenvalue weighted by Gasteiger charge is 2.41. The molecule has 25 heavy (non-hydrogen) atoms. The van der Waals surface area contributed by atoms with E-state index >= 15 is 0 Å². The zero-order valence-corrected chi connectivity index (χ0v) is 15.7. The number of aliphatic carboxylic acids is 1. The summed E-state index contributed by atoms with van der Waals surface area (Å²) in [6.45, 7) is 2.12. The Morgan fingerprint density at radius 3 is 2.56 bits per heavy atom. The first-order valence-electron chi connectivity index (χ1n) is 8.42. The Balaban J connectivity index is 2.26. The Morgan fingerprint density at radius 2 is 1.96 bits per heavy atom. The zero-order chi connectivity index (χ0) is 18.4. The second kappa shape index (κ2) is 8.99. The number of methoxy groups -OCH3 is 2. The number of rotatable bonds is 8. The molecule has 2 rings (SSSR count). The van der Waals surface area contributed by atoms with E-state index in [1.807, 2.05) is 0 Å². The molecule has 1 N–H and O–H groups in total. The highest BCUT2D eigenvalue weighted by atomic mass is 32.2. The van der Waals surface area contributed by atoms with Crippen molar-refractivity contribution < 1.29 is 24.2 Å². The summed E-state index contributed by atoms with van der Waals surface area (Å²) in [5.41, 5.74) is 0.409. The van der Waals surface area contributed by atoms with Crippen molar-refractivity contribution in [2.75, 3.05) is 20.0 Å². The highest BCUT2D eigenvalue weighted by Crippen LogP contribution is 2.35. The number of carbonyl (C=O) groups is 2. The van der Waals surface area contributed by atoms with Crippen molar-refractivity contribution in [3.05, 3.63) is 23.8 Å². The normalized spacial score (nSPS) is 19.7. The van der Waals surface area contributed by atoms with Crippen molar-refractivity contribution in [1.82, 2.24) is 4.90 Å². The fourth-order valence-corrected chi connectivity index (χ4v) is 4.38. The van der Waals surface area contributed by atoms with E-state index in [0.717, 1.165) is 25.7 Å². The first-order chi connectivity index (χ1) is 12.0. The van der Waals surface area contributed by atoms with E-state index < -0.39 is 12.0 Å². The summed E-state index contributed by atoms with van der Waals surface area (Å²) >= 11 is 1.55. The van der Waals surface area contributed by atoms with Gasteiger partial charge in [-0.3, -0.25) is 4.79 Å². The third-order valence-electron chi connectivity index (χ3n) is 4.30. The van der Waals surface area contributed by atoms with Crippen LogP contribution in [0.25, 0.3) is 0 Å². The molecule has 2 unspecified atom stereocenters. The van der Waals surface area contributed by atoms with E-state index in [1.54, 1.807) is 30.0 Å². The first-order valence-corrected chi connectivity index (χ1v) is 9.47. The van der Waals surface area contributed by atoms with Crippen LogP contribution in [0.4, 0.5) is 0 Å². The van der Waals surface area contributed by atoms with Gasteiger partial charge in [-0.05, 0) is 24.6 Å². The molecule has 1 amide bonds. The summed E-state index contributed by atoms with van der Waals surface area (Å²) in [6.07, 6.45) is 3.95. The van der Waals surface area contributed by atoms with Crippen molar-refractivity contribution >= 4 is 23.6 Å². The van der Waals surface area contributed by atoms with Crippen molar-refractivity contribution in [3.8, 4) is 11.5 Å². The number of ether oxygens (including phenoxy) is 2. The van der Waals surface area contributed by atoms with Gasteiger partial charge in [-0.15, -0.1) is 11.8 Å². The van der Waals surface area contributed by atoms with Gasteiger partial charge in [0.05, 0.1) is 19.6 Å². The molecule has 1 fully saturated rings. The Morgan fingerprint density at radius 1 is 1.24 bits per heavy atom. The molecule has 1 saturated heterocycles. The fourth-order valence-electron chi connectivity index (χ4n) is 2.94. The Bertz CT molecular complexity index is 621. The lowest BCUT2D eigenvalue weighted by molar-refractivity contribution is -0.141. The number of carbonyl (C=O) groups excluding carboxylic acids is 1. The van der Waals surface area contributed by atoms with E-state index in [9.17, 15) is 14.7 Å². The SMILES string of the molecule is CCCCCC1SCC(C(=O)O)N1C(=O)c1ccc(OC)c(OC)c1. The lowest BCUT2D eigenvalue weighted by atomic mass is 10.1. The molecule has 1 aromatic carbocycles.